The number of fused-ring (bicyclic) bond motifs is 1. The fraction of sp³-hybridized carbons (Fsp3) is 0.214. The standard InChI is InChI=1S/C14H14N2O3/c1-15-12(17)7-9-19-14(18)13-11-5-3-2-4-10(11)6-8-16-13/h2-6,8H,7,9H2,1H3,(H,15,17). The molecule has 0 saturated carbocycles. The fourth-order valence-electron chi connectivity index (χ4n) is 1.71. The van der Waals surface area contributed by atoms with Crippen LogP contribution in [0.5, 0.6) is 0 Å². The van der Waals surface area contributed by atoms with E-state index in [1.165, 1.54) is 7.05 Å². The number of rotatable bonds is 4. The Morgan fingerprint density at radius 2 is 2.05 bits per heavy atom. The molecule has 5 heteroatoms. The van der Waals surface area contributed by atoms with Crippen molar-refractivity contribution in [1.82, 2.24) is 10.3 Å². The van der Waals surface area contributed by atoms with Crippen molar-refractivity contribution in [2.24, 2.45) is 0 Å². The summed E-state index contributed by atoms with van der Waals surface area (Å²) in [5, 5.41) is 4.13. The largest absolute Gasteiger partial charge is 0.460 e. The molecule has 1 aromatic heterocycles. The first-order chi connectivity index (χ1) is 9.22. The van der Waals surface area contributed by atoms with Crippen LogP contribution >= 0.6 is 0 Å². The van der Waals surface area contributed by atoms with Gasteiger partial charge in [0.15, 0.2) is 5.69 Å². The van der Waals surface area contributed by atoms with Crippen LogP contribution in [0.1, 0.15) is 16.9 Å². The lowest BCUT2D eigenvalue weighted by Gasteiger charge is -2.06. The zero-order valence-corrected chi connectivity index (χ0v) is 10.6. The summed E-state index contributed by atoms with van der Waals surface area (Å²) < 4.78 is 5.05. The smallest absolute Gasteiger partial charge is 0.357 e. The number of carbonyl (C=O) groups excluding carboxylic acids is 2. The summed E-state index contributed by atoms with van der Waals surface area (Å²) in [7, 11) is 1.54. The van der Waals surface area contributed by atoms with E-state index in [1.54, 1.807) is 6.20 Å². The van der Waals surface area contributed by atoms with E-state index < -0.39 is 5.97 Å². The van der Waals surface area contributed by atoms with E-state index in [0.29, 0.717) is 0 Å². The Balaban J connectivity index is 2.11. The van der Waals surface area contributed by atoms with Gasteiger partial charge in [-0.3, -0.25) is 4.79 Å². The van der Waals surface area contributed by atoms with E-state index in [-0.39, 0.29) is 24.6 Å². The molecule has 19 heavy (non-hydrogen) atoms. The Morgan fingerprint density at radius 1 is 1.26 bits per heavy atom. The summed E-state index contributed by atoms with van der Waals surface area (Å²) in [6, 6.07) is 9.28. The van der Waals surface area contributed by atoms with Gasteiger partial charge in [-0.25, -0.2) is 9.78 Å². The van der Waals surface area contributed by atoms with Gasteiger partial charge >= 0.3 is 5.97 Å². The van der Waals surface area contributed by atoms with Gasteiger partial charge in [0.25, 0.3) is 0 Å². The second kappa shape index (κ2) is 5.95. The molecule has 1 amide bonds. The van der Waals surface area contributed by atoms with Crippen molar-refractivity contribution >= 4 is 22.6 Å². The molecule has 0 aliphatic carbocycles. The summed E-state index contributed by atoms with van der Waals surface area (Å²) >= 11 is 0. The number of aromatic nitrogens is 1. The van der Waals surface area contributed by atoms with Gasteiger partial charge in [-0.1, -0.05) is 24.3 Å². The van der Waals surface area contributed by atoms with Gasteiger partial charge in [-0.2, -0.15) is 0 Å². The van der Waals surface area contributed by atoms with Crippen LogP contribution in [-0.2, 0) is 9.53 Å². The van der Waals surface area contributed by atoms with Gasteiger partial charge in [-0.05, 0) is 11.5 Å². The molecule has 5 nitrogen and oxygen atoms in total. The van der Waals surface area contributed by atoms with Crippen molar-refractivity contribution < 1.29 is 14.3 Å². The summed E-state index contributed by atoms with van der Waals surface area (Å²) in [6.45, 7) is 0.0450. The number of esters is 1. The van der Waals surface area contributed by atoms with Gasteiger partial charge < -0.3 is 10.1 Å². The lowest BCUT2D eigenvalue weighted by Crippen LogP contribution is -2.20. The number of amides is 1. The molecule has 1 heterocycles. The van der Waals surface area contributed by atoms with E-state index in [0.717, 1.165) is 10.8 Å². The Labute approximate surface area is 110 Å². The van der Waals surface area contributed by atoms with Gasteiger partial charge in [0.2, 0.25) is 5.91 Å². The highest BCUT2D eigenvalue weighted by Crippen LogP contribution is 2.16. The van der Waals surface area contributed by atoms with Crippen LogP contribution in [0, 0.1) is 0 Å². The van der Waals surface area contributed by atoms with Gasteiger partial charge in [0, 0.05) is 18.6 Å². The Morgan fingerprint density at radius 3 is 2.84 bits per heavy atom. The Bertz CT molecular complexity index is 605. The number of benzene rings is 1. The van der Waals surface area contributed by atoms with E-state index in [2.05, 4.69) is 10.3 Å². The monoisotopic (exact) mass is 258 g/mol. The maximum Gasteiger partial charge on any atom is 0.357 e. The molecule has 0 fully saturated rings. The van der Waals surface area contributed by atoms with E-state index in [1.807, 2.05) is 30.3 Å². The molecule has 0 radical (unpaired) electrons. The fourth-order valence-corrected chi connectivity index (χ4v) is 1.71. The molecule has 0 aliphatic heterocycles. The minimum atomic E-state index is -0.513. The van der Waals surface area contributed by atoms with Crippen LogP contribution in [0.3, 0.4) is 0 Å². The minimum Gasteiger partial charge on any atom is -0.460 e. The first kappa shape index (κ1) is 13.0. The van der Waals surface area contributed by atoms with Gasteiger partial charge in [0.1, 0.15) is 6.61 Å². The van der Waals surface area contributed by atoms with Crippen molar-refractivity contribution in [3.05, 3.63) is 42.2 Å². The number of nitrogens with zero attached hydrogens (tertiary/aromatic N) is 1. The van der Waals surface area contributed by atoms with E-state index in [4.69, 9.17) is 4.74 Å². The van der Waals surface area contributed by atoms with Crippen molar-refractivity contribution in [3.63, 3.8) is 0 Å². The molecule has 2 aromatic rings. The second-order valence-corrected chi connectivity index (χ2v) is 3.94. The molecular weight excluding hydrogens is 244 g/mol. The van der Waals surface area contributed by atoms with E-state index >= 15 is 0 Å². The van der Waals surface area contributed by atoms with Crippen LogP contribution in [0.25, 0.3) is 10.8 Å². The lowest BCUT2D eigenvalue weighted by molar-refractivity contribution is -0.121. The van der Waals surface area contributed by atoms with Crippen molar-refractivity contribution in [2.75, 3.05) is 13.7 Å². The Hall–Kier alpha value is -2.43. The predicted molar refractivity (Wildman–Crippen MR) is 70.7 cm³/mol. The van der Waals surface area contributed by atoms with Crippen LogP contribution in [0.4, 0.5) is 0 Å². The highest BCUT2D eigenvalue weighted by Gasteiger charge is 2.13. The van der Waals surface area contributed by atoms with Gasteiger partial charge in [0.05, 0.1) is 6.42 Å². The number of nitrogens with one attached hydrogen (secondary N) is 1. The van der Waals surface area contributed by atoms with Crippen molar-refractivity contribution in [2.45, 2.75) is 6.42 Å². The highest BCUT2D eigenvalue weighted by molar-refractivity contribution is 6.02. The van der Waals surface area contributed by atoms with Crippen LogP contribution in [0.2, 0.25) is 0 Å². The minimum absolute atomic E-state index is 0.0450. The lowest BCUT2D eigenvalue weighted by atomic mass is 10.1. The molecule has 1 aromatic carbocycles. The molecular formula is C14H14N2O3. The topological polar surface area (TPSA) is 68.3 Å². The molecule has 98 valence electrons. The van der Waals surface area contributed by atoms with Gasteiger partial charge in [-0.15, -0.1) is 0 Å². The maximum absolute atomic E-state index is 11.9. The highest BCUT2D eigenvalue weighted by atomic mass is 16.5. The summed E-state index contributed by atoms with van der Waals surface area (Å²) in [4.78, 5) is 27.0. The quantitative estimate of drug-likeness (QED) is 0.844. The first-order valence-electron chi connectivity index (χ1n) is 5.94. The third-order valence-electron chi connectivity index (χ3n) is 2.71. The number of carbonyl (C=O) groups is 2. The SMILES string of the molecule is CNC(=O)CCOC(=O)c1nccc2ccccc12. The zero-order chi connectivity index (χ0) is 13.7. The molecule has 0 unspecified atom stereocenters. The molecule has 0 saturated heterocycles. The number of pyridine rings is 1. The summed E-state index contributed by atoms with van der Waals surface area (Å²) in [5.41, 5.74) is 0.273. The average Bonchev–Trinajstić information content (AvgIpc) is 2.46. The molecule has 1 N–H and O–H groups in total. The summed E-state index contributed by atoms with van der Waals surface area (Å²) in [5.74, 6) is -0.681. The number of hydrogen-bond acceptors (Lipinski definition) is 4. The second-order valence-electron chi connectivity index (χ2n) is 3.94. The maximum atomic E-state index is 11.9. The van der Waals surface area contributed by atoms with Crippen molar-refractivity contribution in [1.29, 1.82) is 0 Å². The average molecular weight is 258 g/mol. The third-order valence-corrected chi connectivity index (χ3v) is 2.71. The normalized spacial score (nSPS) is 10.2. The molecule has 0 aliphatic rings. The number of ether oxygens (including phenoxy) is 1. The zero-order valence-electron chi connectivity index (χ0n) is 10.6. The third kappa shape index (κ3) is 3.07. The molecule has 0 bridgehead atoms. The first-order valence-corrected chi connectivity index (χ1v) is 5.94. The summed E-state index contributed by atoms with van der Waals surface area (Å²) in [6.07, 6.45) is 1.71. The Kier molecular flexibility index (Phi) is 4.07. The predicted octanol–water partition coefficient (Wildman–Crippen LogP) is 1.53. The molecule has 0 spiro atoms. The van der Waals surface area contributed by atoms with E-state index in [9.17, 15) is 9.59 Å². The molecule has 2 rings (SSSR count). The van der Waals surface area contributed by atoms with Crippen LogP contribution < -0.4 is 5.32 Å². The van der Waals surface area contributed by atoms with Crippen LogP contribution in [-0.4, -0.2) is 30.5 Å². The number of hydrogen-bond donors (Lipinski definition) is 1. The van der Waals surface area contributed by atoms with Crippen LogP contribution in [0.15, 0.2) is 36.5 Å². The molecule has 0 atom stereocenters. The van der Waals surface area contributed by atoms with Crippen molar-refractivity contribution in [3.8, 4) is 0 Å².